The van der Waals surface area contributed by atoms with E-state index in [0.717, 1.165) is 10.5 Å². The fourth-order valence-corrected chi connectivity index (χ4v) is 5.37. The molecule has 1 saturated heterocycles. The zero-order chi connectivity index (χ0) is 18.8. The summed E-state index contributed by atoms with van der Waals surface area (Å²) in [4.78, 5) is 37.3. The summed E-state index contributed by atoms with van der Waals surface area (Å²) in [7, 11) is -1.46. The predicted molar refractivity (Wildman–Crippen MR) is 98.8 cm³/mol. The number of nitrogens with zero attached hydrogens (tertiary/aromatic N) is 1. The number of alkyl halides is 1. The van der Waals surface area contributed by atoms with Crippen LogP contribution in [0.2, 0.25) is 0 Å². The molecule has 2 aliphatic rings. The Balaban J connectivity index is 1.76. The van der Waals surface area contributed by atoms with Crippen LogP contribution in [0.5, 0.6) is 0 Å². The molecule has 2 N–H and O–H groups in total. The standard InChI is InChI=1S/C17H17BrN2O5S/c18-7-6-11-9-26(25)16-13(15(22)20(16)14(11)17(23)24)19-12(21)8-10-4-2-1-3-5-10/h1-5,13,16H,6-9H2,(H,19,21)(H,23,24)/t13?,16-,26?/m0/s1. The maximum Gasteiger partial charge on any atom is 0.352 e. The summed E-state index contributed by atoms with van der Waals surface area (Å²) >= 11 is 3.24. The molecule has 2 aliphatic heterocycles. The highest BCUT2D eigenvalue weighted by atomic mass is 79.9. The van der Waals surface area contributed by atoms with E-state index in [-0.39, 0.29) is 23.8 Å². The second kappa shape index (κ2) is 7.71. The van der Waals surface area contributed by atoms with Gasteiger partial charge in [-0.1, -0.05) is 46.3 Å². The molecule has 1 aromatic rings. The molecule has 0 aromatic heterocycles. The number of β-lactam (4-membered cyclic amide) rings is 1. The van der Waals surface area contributed by atoms with Crippen LogP contribution in [-0.2, 0) is 31.6 Å². The van der Waals surface area contributed by atoms with Gasteiger partial charge in [0.15, 0.2) is 0 Å². The number of nitrogens with one attached hydrogen (secondary N) is 1. The van der Waals surface area contributed by atoms with Gasteiger partial charge in [0.1, 0.15) is 17.1 Å². The van der Waals surface area contributed by atoms with E-state index in [1.54, 1.807) is 12.1 Å². The molecule has 2 unspecified atom stereocenters. The molecule has 0 bridgehead atoms. The van der Waals surface area contributed by atoms with Gasteiger partial charge in [-0.15, -0.1) is 0 Å². The lowest BCUT2D eigenvalue weighted by atomic mass is 10.0. The first-order chi connectivity index (χ1) is 12.4. The smallest absolute Gasteiger partial charge is 0.352 e. The van der Waals surface area contributed by atoms with Crippen LogP contribution in [0.1, 0.15) is 12.0 Å². The van der Waals surface area contributed by atoms with Crippen molar-refractivity contribution in [2.45, 2.75) is 24.3 Å². The zero-order valence-electron chi connectivity index (χ0n) is 13.7. The summed E-state index contributed by atoms with van der Waals surface area (Å²) in [5, 5.41) is 11.8. The van der Waals surface area contributed by atoms with Crippen LogP contribution >= 0.6 is 15.9 Å². The minimum Gasteiger partial charge on any atom is -0.477 e. The fraction of sp³-hybridized carbons (Fsp3) is 0.353. The number of benzene rings is 1. The molecule has 0 saturated carbocycles. The molecule has 3 atom stereocenters. The van der Waals surface area contributed by atoms with E-state index in [9.17, 15) is 23.7 Å². The Kier molecular flexibility index (Phi) is 5.57. The molecule has 2 amide bonds. The number of amides is 2. The van der Waals surface area contributed by atoms with Crippen LogP contribution in [0.25, 0.3) is 0 Å². The average molecular weight is 441 g/mol. The summed E-state index contributed by atoms with van der Waals surface area (Å²) < 4.78 is 12.5. The number of rotatable bonds is 6. The first-order valence-electron chi connectivity index (χ1n) is 7.99. The van der Waals surface area contributed by atoms with Gasteiger partial charge < -0.3 is 10.4 Å². The van der Waals surface area contributed by atoms with E-state index in [1.165, 1.54) is 0 Å². The van der Waals surface area contributed by atoms with Crippen molar-refractivity contribution in [2.24, 2.45) is 0 Å². The van der Waals surface area contributed by atoms with Gasteiger partial charge >= 0.3 is 5.97 Å². The minimum atomic E-state index is -1.46. The number of hydrogen-bond acceptors (Lipinski definition) is 4. The van der Waals surface area contributed by atoms with Crippen molar-refractivity contribution in [3.63, 3.8) is 0 Å². The molecule has 1 fully saturated rings. The number of carboxylic acid groups (broad SMARTS) is 1. The van der Waals surface area contributed by atoms with Crippen LogP contribution in [0.4, 0.5) is 0 Å². The van der Waals surface area contributed by atoms with E-state index < -0.39 is 34.1 Å². The molecular weight excluding hydrogens is 424 g/mol. The molecule has 0 aliphatic carbocycles. The van der Waals surface area contributed by atoms with Gasteiger partial charge in [0.05, 0.1) is 17.2 Å². The lowest BCUT2D eigenvalue weighted by molar-refractivity contribution is -0.150. The van der Waals surface area contributed by atoms with Crippen molar-refractivity contribution in [3.8, 4) is 0 Å². The molecule has 138 valence electrons. The highest BCUT2D eigenvalue weighted by molar-refractivity contribution is 9.09. The lowest BCUT2D eigenvalue weighted by Gasteiger charge is -2.49. The first kappa shape index (κ1) is 18.8. The van der Waals surface area contributed by atoms with Crippen molar-refractivity contribution >= 4 is 44.5 Å². The van der Waals surface area contributed by atoms with Gasteiger partial charge in [0.25, 0.3) is 5.91 Å². The number of halogens is 1. The quantitative estimate of drug-likeness (QED) is 0.502. The summed E-state index contributed by atoms with van der Waals surface area (Å²) in [6.07, 6.45) is 0.495. The van der Waals surface area contributed by atoms with Gasteiger partial charge in [0, 0.05) is 11.1 Å². The Morgan fingerprint density at radius 2 is 2.00 bits per heavy atom. The second-order valence-electron chi connectivity index (χ2n) is 6.03. The number of aliphatic carboxylic acids is 1. The third-order valence-corrected chi connectivity index (χ3v) is 6.38. The topological polar surface area (TPSA) is 104 Å². The fourth-order valence-electron chi connectivity index (χ4n) is 3.16. The second-order valence-corrected chi connectivity index (χ2v) is 8.35. The average Bonchev–Trinajstić information content (AvgIpc) is 2.60. The number of carbonyl (C=O) groups excluding carboxylic acids is 2. The number of carbonyl (C=O) groups is 3. The van der Waals surface area contributed by atoms with E-state index in [0.29, 0.717) is 17.3 Å². The first-order valence-corrected chi connectivity index (χ1v) is 10.5. The number of carboxylic acids is 1. The van der Waals surface area contributed by atoms with Crippen LogP contribution < -0.4 is 5.32 Å². The maximum absolute atomic E-state index is 12.5. The molecule has 7 nitrogen and oxygen atoms in total. The monoisotopic (exact) mass is 440 g/mol. The highest BCUT2D eigenvalue weighted by Gasteiger charge is 2.56. The predicted octanol–water partition coefficient (Wildman–Crippen LogP) is 0.768. The minimum absolute atomic E-state index is 0.0900. The van der Waals surface area contributed by atoms with Crippen molar-refractivity contribution in [1.82, 2.24) is 10.2 Å². The Morgan fingerprint density at radius 1 is 1.31 bits per heavy atom. The molecule has 0 spiro atoms. The highest BCUT2D eigenvalue weighted by Crippen LogP contribution is 2.36. The van der Waals surface area contributed by atoms with Crippen LogP contribution in [0.3, 0.4) is 0 Å². The Hall–Kier alpha value is -2.00. The summed E-state index contributed by atoms with van der Waals surface area (Å²) in [5.74, 6) is -2.02. The summed E-state index contributed by atoms with van der Waals surface area (Å²) in [5.41, 5.74) is 1.17. The van der Waals surface area contributed by atoms with Crippen molar-refractivity contribution in [1.29, 1.82) is 0 Å². The van der Waals surface area contributed by atoms with E-state index in [2.05, 4.69) is 21.2 Å². The van der Waals surface area contributed by atoms with E-state index in [1.807, 2.05) is 18.2 Å². The third-order valence-electron chi connectivity index (χ3n) is 4.33. The van der Waals surface area contributed by atoms with Crippen molar-refractivity contribution in [3.05, 3.63) is 47.2 Å². The molecule has 1 aromatic carbocycles. The molecule has 26 heavy (non-hydrogen) atoms. The third kappa shape index (κ3) is 3.45. The van der Waals surface area contributed by atoms with Gasteiger partial charge in [-0.3, -0.25) is 18.7 Å². The SMILES string of the molecule is O=C(Cc1ccccc1)NC1C(=O)N2C(C(=O)O)=C(CCBr)CS(=O)[C@@H]12. The zero-order valence-corrected chi connectivity index (χ0v) is 16.1. The molecular formula is C17H17BrN2O5S. The summed E-state index contributed by atoms with van der Waals surface area (Å²) in [6, 6.07) is 8.10. The van der Waals surface area contributed by atoms with Crippen LogP contribution in [0.15, 0.2) is 41.6 Å². The lowest BCUT2D eigenvalue weighted by Crippen LogP contribution is -2.73. The van der Waals surface area contributed by atoms with E-state index in [4.69, 9.17) is 0 Å². The molecule has 3 rings (SSSR count). The van der Waals surface area contributed by atoms with Crippen molar-refractivity contribution in [2.75, 3.05) is 11.1 Å². The Bertz CT molecular complexity index is 811. The molecule has 2 heterocycles. The van der Waals surface area contributed by atoms with Crippen LogP contribution in [0, 0.1) is 0 Å². The van der Waals surface area contributed by atoms with Crippen LogP contribution in [-0.4, -0.2) is 54.5 Å². The van der Waals surface area contributed by atoms with Crippen molar-refractivity contribution < 1.29 is 23.7 Å². The molecule has 0 radical (unpaired) electrons. The largest absolute Gasteiger partial charge is 0.477 e. The maximum atomic E-state index is 12.5. The normalized spacial score (nSPS) is 24.7. The Labute approximate surface area is 161 Å². The number of fused-ring (bicyclic) bond motifs is 1. The summed E-state index contributed by atoms with van der Waals surface area (Å²) in [6.45, 7) is 0. The Morgan fingerprint density at radius 3 is 2.62 bits per heavy atom. The van der Waals surface area contributed by atoms with Gasteiger partial charge in [-0.05, 0) is 17.6 Å². The van der Waals surface area contributed by atoms with Gasteiger partial charge in [-0.2, -0.15) is 0 Å². The van der Waals surface area contributed by atoms with E-state index >= 15 is 0 Å². The van der Waals surface area contributed by atoms with Gasteiger partial charge in [0.2, 0.25) is 5.91 Å². The van der Waals surface area contributed by atoms with Gasteiger partial charge in [-0.25, -0.2) is 4.79 Å². The number of hydrogen-bond donors (Lipinski definition) is 2. The molecule has 9 heteroatoms.